The second-order valence-electron chi connectivity index (χ2n) is 3.31. The average molecular weight is 244 g/mol. The Balaban J connectivity index is 3.76. The normalized spacial score (nSPS) is 13.2. The quantitative estimate of drug-likeness (QED) is 0.380. The highest BCUT2D eigenvalue weighted by Crippen LogP contribution is 1.86. The van der Waals surface area contributed by atoms with E-state index in [4.69, 9.17) is 0 Å². The van der Waals surface area contributed by atoms with E-state index in [9.17, 15) is 4.79 Å². The van der Waals surface area contributed by atoms with Crippen molar-refractivity contribution in [2.45, 2.75) is 20.3 Å². The molecule has 0 aromatic heterocycles. The Hall–Kier alpha value is -2.09. The molecule has 0 radical (unpaired) electrons. The van der Waals surface area contributed by atoms with Gasteiger partial charge in [-0.15, -0.1) is 0 Å². The Kier molecular flexibility index (Phi) is 11.5. The first-order chi connectivity index (χ1) is 8.77. The van der Waals surface area contributed by atoms with E-state index in [0.717, 1.165) is 6.42 Å². The molecule has 0 aliphatic rings. The number of rotatable bonds is 7. The lowest BCUT2D eigenvalue weighted by Gasteiger charge is -1.86. The van der Waals surface area contributed by atoms with E-state index >= 15 is 0 Å². The molecular weight excluding hydrogens is 224 g/mol. The predicted molar refractivity (Wildman–Crippen MR) is 76.9 cm³/mol. The number of carbonyl (C=O) groups excluding carboxylic acids is 1. The monoisotopic (exact) mass is 244 g/mol. The van der Waals surface area contributed by atoms with Gasteiger partial charge < -0.3 is 4.74 Å². The first kappa shape index (κ1) is 15.9. The van der Waals surface area contributed by atoms with Crippen LogP contribution in [0.15, 0.2) is 73.1 Å². The van der Waals surface area contributed by atoms with Crippen molar-refractivity contribution in [1.82, 2.24) is 0 Å². The van der Waals surface area contributed by atoms with Crippen molar-refractivity contribution in [1.29, 1.82) is 0 Å². The van der Waals surface area contributed by atoms with Gasteiger partial charge in [0.1, 0.15) is 0 Å². The number of esters is 1. The van der Waals surface area contributed by atoms with Crippen LogP contribution in [-0.2, 0) is 9.53 Å². The lowest BCUT2D eigenvalue weighted by Crippen LogP contribution is -1.88. The summed E-state index contributed by atoms with van der Waals surface area (Å²) in [6, 6.07) is 0. The molecule has 96 valence electrons. The van der Waals surface area contributed by atoms with Gasteiger partial charge in [0.2, 0.25) is 0 Å². The summed E-state index contributed by atoms with van der Waals surface area (Å²) in [7, 11) is 0. The zero-order chi connectivity index (χ0) is 13.5. The third kappa shape index (κ3) is 13.9. The van der Waals surface area contributed by atoms with Crippen molar-refractivity contribution in [3.8, 4) is 0 Å². The molecule has 0 N–H and O–H groups in total. The number of carbonyl (C=O) groups is 1. The Labute approximate surface area is 109 Å². The number of ether oxygens (including phenoxy) is 1. The molecule has 0 saturated carbocycles. The van der Waals surface area contributed by atoms with E-state index in [-0.39, 0.29) is 5.97 Å². The summed E-state index contributed by atoms with van der Waals surface area (Å²) < 4.78 is 4.61. The molecule has 0 amide bonds. The van der Waals surface area contributed by atoms with Crippen molar-refractivity contribution in [2.75, 3.05) is 0 Å². The highest BCUT2D eigenvalue weighted by atomic mass is 16.5. The molecule has 2 nitrogen and oxygen atoms in total. The number of hydrogen-bond donors (Lipinski definition) is 0. The first-order valence-electron chi connectivity index (χ1n) is 5.93. The highest BCUT2D eigenvalue weighted by Gasteiger charge is 1.81. The van der Waals surface area contributed by atoms with Crippen LogP contribution < -0.4 is 0 Å². The van der Waals surface area contributed by atoms with Crippen LogP contribution in [0, 0.1) is 0 Å². The molecule has 0 aromatic carbocycles. The number of allylic oxidation sites excluding steroid dienone is 11. The first-order valence-corrected chi connectivity index (χ1v) is 5.93. The fourth-order valence-electron chi connectivity index (χ4n) is 0.908. The van der Waals surface area contributed by atoms with Crippen molar-refractivity contribution in [3.63, 3.8) is 0 Å². The summed E-state index contributed by atoms with van der Waals surface area (Å²) in [5.74, 6) is -0.318. The Morgan fingerprint density at radius 2 is 1.28 bits per heavy atom. The summed E-state index contributed by atoms with van der Waals surface area (Å²) in [6.45, 7) is 3.47. The van der Waals surface area contributed by atoms with Gasteiger partial charge >= 0.3 is 5.97 Å². The maximum absolute atomic E-state index is 10.4. The lowest BCUT2D eigenvalue weighted by atomic mass is 10.3. The zero-order valence-electron chi connectivity index (χ0n) is 11.0. The van der Waals surface area contributed by atoms with Gasteiger partial charge in [0.25, 0.3) is 0 Å². The summed E-state index contributed by atoms with van der Waals surface area (Å²) in [5, 5.41) is 0. The zero-order valence-corrected chi connectivity index (χ0v) is 11.0. The second-order valence-corrected chi connectivity index (χ2v) is 3.31. The van der Waals surface area contributed by atoms with Crippen LogP contribution in [0.5, 0.6) is 0 Å². The third-order valence-electron chi connectivity index (χ3n) is 1.68. The van der Waals surface area contributed by atoms with E-state index in [1.807, 2.05) is 48.6 Å². The van der Waals surface area contributed by atoms with E-state index in [0.29, 0.717) is 0 Å². The molecule has 18 heavy (non-hydrogen) atoms. The van der Waals surface area contributed by atoms with Crippen LogP contribution in [0.2, 0.25) is 0 Å². The minimum absolute atomic E-state index is 0.318. The second kappa shape index (κ2) is 13.0. The fourth-order valence-corrected chi connectivity index (χ4v) is 0.908. The van der Waals surface area contributed by atoms with Crippen molar-refractivity contribution in [3.05, 3.63) is 73.1 Å². The van der Waals surface area contributed by atoms with Gasteiger partial charge in [0.15, 0.2) is 0 Å². The van der Waals surface area contributed by atoms with E-state index in [1.165, 1.54) is 13.2 Å². The van der Waals surface area contributed by atoms with Gasteiger partial charge in [0, 0.05) is 6.92 Å². The summed E-state index contributed by atoms with van der Waals surface area (Å²) in [4.78, 5) is 10.4. The maximum Gasteiger partial charge on any atom is 0.307 e. The predicted octanol–water partition coefficient (Wildman–Crippen LogP) is 4.25. The van der Waals surface area contributed by atoms with Gasteiger partial charge in [-0.25, -0.2) is 0 Å². The molecule has 0 aliphatic heterocycles. The van der Waals surface area contributed by atoms with E-state index in [1.54, 1.807) is 12.2 Å². The minimum atomic E-state index is -0.318. The van der Waals surface area contributed by atoms with Crippen molar-refractivity contribution in [2.24, 2.45) is 0 Å². The largest absolute Gasteiger partial charge is 0.435 e. The van der Waals surface area contributed by atoms with Crippen LogP contribution in [0.25, 0.3) is 0 Å². The van der Waals surface area contributed by atoms with E-state index in [2.05, 4.69) is 17.7 Å². The van der Waals surface area contributed by atoms with Crippen molar-refractivity contribution >= 4 is 5.97 Å². The lowest BCUT2D eigenvalue weighted by molar-refractivity contribution is -0.135. The third-order valence-corrected chi connectivity index (χ3v) is 1.68. The molecule has 0 fully saturated rings. The minimum Gasteiger partial charge on any atom is -0.435 e. The van der Waals surface area contributed by atoms with Crippen LogP contribution in [0.3, 0.4) is 0 Å². The Morgan fingerprint density at radius 3 is 1.72 bits per heavy atom. The summed E-state index contributed by atoms with van der Waals surface area (Å²) >= 11 is 0. The van der Waals surface area contributed by atoms with Crippen LogP contribution >= 0.6 is 0 Å². The fraction of sp³-hybridized carbons (Fsp3) is 0.188. The molecule has 0 heterocycles. The van der Waals surface area contributed by atoms with Gasteiger partial charge in [-0.1, -0.05) is 67.7 Å². The maximum atomic E-state index is 10.4. The molecule has 0 aromatic rings. The average Bonchev–Trinajstić information content (AvgIpc) is 2.34. The van der Waals surface area contributed by atoms with Gasteiger partial charge in [-0.05, 0) is 12.5 Å². The van der Waals surface area contributed by atoms with Crippen LogP contribution in [0.4, 0.5) is 0 Å². The molecule has 0 spiro atoms. The molecule has 0 bridgehead atoms. The highest BCUT2D eigenvalue weighted by molar-refractivity contribution is 5.66. The molecular formula is C16H20O2. The molecule has 0 aliphatic carbocycles. The van der Waals surface area contributed by atoms with E-state index < -0.39 is 0 Å². The molecule has 2 heteroatoms. The Morgan fingerprint density at radius 1 is 0.833 bits per heavy atom. The Bertz CT molecular complexity index is 380. The smallest absolute Gasteiger partial charge is 0.307 e. The van der Waals surface area contributed by atoms with Crippen LogP contribution in [0.1, 0.15) is 20.3 Å². The van der Waals surface area contributed by atoms with Gasteiger partial charge in [0.05, 0.1) is 6.26 Å². The van der Waals surface area contributed by atoms with Crippen LogP contribution in [-0.4, -0.2) is 5.97 Å². The molecule has 0 atom stereocenters. The SMILES string of the molecule is CCC=CC=CC=CC=CC=CC=COC(C)=O. The van der Waals surface area contributed by atoms with Crippen molar-refractivity contribution < 1.29 is 9.53 Å². The van der Waals surface area contributed by atoms with Gasteiger partial charge in [-0.3, -0.25) is 4.79 Å². The summed E-state index contributed by atoms with van der Waals surface area (Å²) in [5.41, 5.74) is 0. The molecule has 0 rings (SSSR count). The number of hydrogen-bond acceptors (Lipinski definition) is 2. The molecule has 0 unspecified atom stereocenters. The molecule has 0 saturated heterocycles. The topological polar surface area (TPSA) is 26.3 Å². The summed E-state index contributed by atoms with van der Waals surface area (Å²) in [6.07, 6.45) is 23.5. The standard InChI is InChI=1S/C16H20O2/c1-3-4-5-6-7-8-9-10-11-12-13-14-15-18-16(2)17/h4-15H,3H2,1-2H3. The van der Waals surface area contributed by atoms with Gasteiger partial charge in [-0.2, -0.15) is 0 Å².